The van der Waals surface area contributed by atoms with Crippen LogP contribution in [-0.2, 0) is 4.74 Å². The Bertz CT molecular complexity index is 469. The van der Waals surface area contributed by atoms with Crippen LogP contribution in [-0.4, -0.2) is 36.2 Å². The van der Waals surface area contributed by atoms with Crippen LogP contribution in [0.15, 0.2) is 22.7 Å². The Morgan fingerprint density at radius 1 is 1.37 bits per heavy atom. The first-order valence-electron chi connectivity index (χ1n) is 6.43. The maximum atomic E-state index is 12.2. The number of hydrogen-bond acceptors (Lipinski definition) is 2. The van der Waals surface area contributed by atoms with Crippen molar-refractivity contribution in [1.82, 2.24) is 4.90 Å². The van der Waals surface area contributed by atoms with E-state index in [2.05, 4.69) is 21.2 Å². The van der Waals surface area contributed by atoms with Crippen molar-refractivity contribution in [1.29, 1.82) is 0 Å². The van der Waals surface area contributed by atoms with Gasteiger partial charge in [-0.25, -0.2) is 4.79 Å². The molecule has 2 amide bonds. The van der Waals surface area contributed by atoms with Crippen LogP contribution in [0.2, 0.25) is 0 Å². The number of aryl methyl sites for hydroxylation is 1. The molecule has 5 heteroatoms. The minimum absolute atomic E-state index is 0.0626. The maximum Gasteiger partial charge on any atom is 0.322 e. The molecule has 0 aliphatic carbocycles. The molecule has 2 unspecified atom stereocenters. The average molecular weight is 327 g/mol. The van der Waals surface area contributed by atoms with Gasteiger partial charge in [0.15, 0.2) is 0 Å². The van der Waals surface area contributed by atoms with Crippen molar-refractivity contribution in [3.8, 4) is 0 Å². The molecule has 1 aromatic carbocycles. The van der Waals surface area contributed by atoms with E-state index in [0.29, 0.717) is 13.1 Å². The number of morpholine rings is 1. The van der Waals surface area contributed by atoms with E-state index in [1.807, 2.05) is 39.0 Å². The number of amides is 2. The Balaban J connectivity index is 2.04. The summed E-state index contributed by atoms with van der Waals surface area (Å²) in [6.45, 7) is 7.21. The molecule has 1 aliphatic heterocycles. The molecular formula is C14H19BrN2O2. The predicted molar refractivity (Wildman–Crippen MR) is 79.5 cm³/mol. The summed E-state index contributed by atoms with van der Waals surface area (Å²) in [4.78, 5) is 14.0. The quantitative estimate of drug-likeness (QED) is 0.859. The zero-order valence-electron chi connectivity index (χ0n) is 11.4. The fourth-order valence-electron chi connectivity index (χ4n) is 2.31. The summed E-state index contributed by atoms with van der Waals surface area (Å²) >= 11 is 3.42. The lowest BCUT2D eigenvalue weighted by Crippen LogP contribution is -2.49. The van der Waals surface area contributed by atoms with Crippen LogP contribution in [0.5, 0.6) is 0 Å². The van der Waals surface area contributed by atoms with Crippen LogP contribution in [0.3, 0.4) is 0 Å². The normalized spacial score (nSPS) is 23.3. The van der Waals surface area contributed by atoms with Crippen LogP contribution >= 0.6 is 15.9 Å². The van der Waals surface area contributed by atoms with Crippen LogP contribution < -0.4 is 5.32 Å². The standard InChI is InChI=1S/C14H19BrN2O2/c1-9-6-12(15)4-5-13(9)16-14(18)17-7-10(2)19-11(3)8-17/h4-6,10-11H,7-8H2,1-3H3,(H,16,18). The highest BCUT2D eigenvalue weighted by molar-refractivity contribution is 9.10. The summed E-state index contributed by atoms with van der Waals surface area (Å²) in [5.74, 6) is 0. The third kappa shape index (κ3) is 3.70. The van der Waals surface area contributed by atoms with Gasteiger partial charge in [-0.15, -0.1) is 0 Å². The number of benzene rings is 1. The fourth-order valence-corrected chi connectivity index (χ4v) is 2.78. The van der Waals surface area contributed by atoms with Crippen molar-refractivity contribution >= 4 is 27.6 Å². The van der Waals surface area contributed by atoms with Gasteiger partial charge in [-0.3, -0.25) is 0 Å². The zero-order chi connectivity index (χ0) is 14.0. The lowest BCUT2D eigenvalue weighted by Gasteiger charge is -2.35. The Labute approximate surface area is 122 Å². The Hall–Kier alpha value is -1.07. The van der Waals surface area contributed by atoms with Gasteiger partial charge >= 0.3 is 6.03 Å². The van der Waals surface area contributed by atoms with E-state index in [1.54, 1.807) is 4.90 Å². The molecule has 1 heterocycles. The highest BCUT2D eigenvalue weighted by Crippen LogP contribution is 2.21. The van der Waals surface area contributed by atoms with Crippen molar-refractivity contribution in [2.45, 2.75) is 33.0 Å². The fraction of sp³-hybridized carbons (Fsp3) is 0.500. The molecule has 2 atom stereocenters. The van der Waals surface area contributed by atoms with Gasteiger partial charge in [0, 0.05) is 23.2 Å². The van der Waals surface area contributed by atoms with Gasteiger partial charge in [-0.05, 0) is 44.5 Å². The Kier molecular flexibility index (Phi) is 4.47. The number of hydrogen-bond donors (Lipinski definition) is 1. The van der Waals surface area contributed by atoms with E-state index in [-0.39, 0.29) is 18.2 Å². The van der Waals surface area contributed by atoms with Crippen LogP contribution in [0.1, 0.15) is 19.4 Å². The molecule has 104 valence electrons. The van der Waals surface area contributed by atoms with Gasteiger partial charge in [0.2, 0.25) is 0 Å². The number of carbonyl (C=O) groups excluding carboxylic acids is 1. The van der Waals surface area contributed by atoms with Gasteiger partial charge in [0.05, 0.1) is 12.2 Å². The van der Waals surface area contributed by atoms with Crippen LogP contribution in [0.4, 0.5) is 10.5 Å². The summed E-state index contributed by atoms with van der Waals surface area (Å²) in [5, 5.41) is 2.96. The topological polar surface area (TPSA) is 41.6 Å². The first-order valence-corrected chi connectivity index (χ1v) is 7.22. The van der Waals surface area contributed by atoms with Gasteiger partial charge < -0.3 is 15.0 Å². The van der Waals surface area contributed by atoms with Crippen LogP contribution in [0.25, 0.3) is 0 Å². The van der Waals surface area contributed by atoms with Crippen molar-refractivity contribution < 1.29 is 9.53 Å². The van der Waals surface area contributed by atoms with Crippen LogP contribution in [0, 0.1) is 6.92 Å². The second kappa shape index (κ2) is 5.92. The van der Waals surface area contributed by atoms with E-state index in [0.717, 1.165) is 15.7 Å². The average Bonchev–Trinajstić information content (AvgIpc) is 2.31. The van der Waals surface area contributed by atoms with E-state index in [1.165, 1.54) is 0 Å². The third-order valence-electron chi connectivity index (χ3n) is 3.14. The van der Waals surface area contributed by atoms with Gasteiger partial charge in [-0.1, -0.05) is 15.9 Å². The molecule has 0 radical (unpaired) electrons. The number of urea groups is 1. The van der Waals surface area contributed by atoms with Gasteiger partial charge in [0.1, 0.15) is 0 Å². The minimum Gasteiger partial charge on any atom is -0.372 e. The number of anilines is 1. The number of nitrogens with one attached hydrogen (secondary N) is 1. The monoisotopic (exact) mass is 326 g/mol. The number of carbonyl (C=O) groups is 1. The van der Waals surface area contributed by atoms with Crippen molar-refractivity contribution in [2.24, 2.45) is 0 Å². The summed E-state index contributed by atoms with van der Waals surface area (Å²) in [5.41, 5.74) is 1.89. The first kappa shape index (κ1) is 14.3. The molecule has 19 heavy (non-hydrogen) atoms. The van der Waals surface area contributed by atoms with E-state index < -0.39 is 0 Å². The number of nitrogens with zero attached hydrogens (tertiary/aromatic N) is 1. The largest absolute Gasteiger partial charge is 0.372 e. The molecule has 1 fully saturated rings. The zero-order valence-corrected chi connectivity index (χ0v) is 13.0. The molecule has 0 aromatic heterocycles. The molecule has 1 saturated heterocycles. The molecular weight excluding hydrogens is 308 g/mol. The second-order valence-electron chi connectivity index (χ2n) is 5.05. The number of ether oxygens (including phenoxy) is 1. The molecule has 0 bridgehead atoms. The molecule has 1 aromatic rings. The molecule has 0 spiro atoms. The molecule has 0 saturated carbocycles. The van der Waals surface area contributed by atoms with Crippen molar-refractivity contribution in [2.75, 3.05) is 18.4 Å². The molecule has 2 rings (SSSR count). The van der Waals surface area contributed by atoms with Crippen molar-refractivity contribution in [3.63, 3.8) is 0 Å². The first-order chi connectivity index (χ1) is 8.95. The second-order valence-corrected chi connectivity index (χ2v) is 5.97. The third-order valence-corrected chi connectivity index (χ3v) is 3.63. The smallest absolute Gasteiger partial charge is 0.322 e. The number of halogens is 1. The van der Waals surface area contributed by atoms with Gasteiger partial charge in [-0.2, -0.15) is 0 Å². The molecule has 1 aliphatic rings. The number of rotatable bonds is 1. The lowest BCUT2D eigenvalue weighted by atomic mass is 10.2. The Morgan fingerprint density at radius 3 is 2.58 bits per heavy atom. The minimum atomic E-state index is -0.0626. The van der Waals surface area contributed by atoms with Gasteiger partial charge in [0.25, 0.3) is 0 Å². The molecule has 4 nitrogen and oxygen atoms in total. The molecule has 1 N–H and O–H groups in total. The predicted octanol–water partition coefficient (Wildman–Crippen LogP) is 3.40. The summed E-state index contributed by atoms with van der Waals surface area (Å²) in [6, 6.07) is 5.75. The highest BCUT2D eigenvalue weighted by atomic mass is 79.9. The maximum absolute atomic E-state index is 12.2. The van der Waals surface area contributed by atoms with E-state index in [9.17, 15) is 4.79 Å². The van der Waals surface area contributed by atoms with Crippen molar-refractivity contribution in [3.05, 3.63) is 28.2 Å². The van der Waals surface area contributed by atoms with E-state index >= 15 is 0 Å². The lowest BCUT2D eigenvalue weighted by molar-refractivity contribution is -0.0530. The van der Waals surface area contributed by atoms with E-state index in [4.69, 9.17) is 4.74 Å². The summed E-state index contributed by atoms with van der Waals surface area (Å²) in [7, 11) is 0. The summed E-state index contributed by atoms with van der Waals surface area (Å²) < 4.78 is 6.64. The highest BCUT2D eigenvalue weighted by Gasteiger charge is 2.25. The Morgan fingerprint density at radius 2 is 2.00 bits per heavy atom. The SMILES string of the molecule is Cc1cc(Br)ccc1NC(=O)N1CC(C)OC(C)C1. The summed E-state index contributed by atoms with van der Waals surface area (Å²) in [6.07, 6.45) is 0.168.